The van der Waals surface area contributed by atoms with E-state index in [4.69, 9.17) is 9.47 Å². The van der Waals surface area contributed by atoms with Crippen molar-refractivity contribution in [1.82, 2.24) is 0 Å². The van der Waals surface area contributed by atoms with Crippen LogP contribution >= 0.6 is 38.5 Å². The molecular formula is C14H12BrIO2. The van der Waals surface area contributed by atoms with Crippen molar-refractivity contribution in [2.75, 3.05) is 7.11 Å². The zero-order valence-electron chi connectivity index (χ0n) is 9.82. The van der Waals surface area contributed by atoms with Crippen LogP contribution in [0.1, 0.15) is 5.56 Å². The molecular weight excluding hydrogens is 407 g/mol. The fourth-order valence-corrected chi connectivity index (χ4v) is 2.65. The molecule has 0 aliphatic rings. The highest BCUT2D eigenvalue weighted by atomic mass is 127. The van der Waals surface area contributed by atoms with Crippen molar-refractivity contribution in [3.8, 4) is 11.5 Å². The predicted molar refractivity (Wildman–Crippen MR) is 84.2 cm³/mol. The quantitative estimate of drug-likeness (QED) is 0.673. The Balaban J connectivity index is 2.07. The van der Waals surface area contributed by atoms with Gasteiger partial charge in [-0.1, -0.05) is 18.2 Å². The zero-order valence-corrected chi connectivity index (χ0v) is 13.6. The van der Waals surface area contributed by atoms with Gasteiger partial charge in [-0.3, -0.25) is 0 Å². The number of rotatable bonds is 4. The fourth-order valence-electron chi connectivity index (χ4n) is 1.52. The van der Waals surface area contributed by atoms with Gasteiger partial charge < -0.3 is 9.47 Å². The molecule has 0 bridgehead atoms. The van der Waals surface area contributed by atoms with Crippen LogP contribution in [-0.4, -0.2) is 7.11 Å². The number of benzene rings is 2. The normalized spacial score (nSPS) is 10.2. The lowest BCUT2D eigenvalue weighted by Gasteiger charge is -2.09. The summed E-state index contributed by atoms with van der Waals surface area (Å²) in [5, 5.41) is 0. The number of methoxy groups -OCH3 is 1. The van der Waals surface area contributed by atoms with Crippen LogP contribution in [0.5, 0.6) is 11.5 Å². The minimum Gasteiger partial charge on any atom is -0.496 e. The molecule has 0 amide bonds. The van der Waals surface area contributed by atoms with Gasteiger partial charge in [0, 0.05) is 0 Å². The van der Waals surface area contributed by atoms with Crippen molar-refractivity contribution in [3.05, 3.63) is 56.1 Å². The number of ether oxygens (including phenoxy) is 2. The standard InChI is InChI=1S/C14H12BrIO2/c1-17-13-7-6-10(8-11(13)15)9-18-14-5-3-2-4-12(14)16/h2-8H,9H2,1H3. The Morgan fingerprint density at radius 1 is 1.11 bits per heavy atom. The maximum Gasteiger partial charge on any atom is 0.133 e. The molecule has 0 spiro atoms. The summed E-state index contributed by atoms with van der Waals surface area (Å²) >= 11 is 5.73. The van der Waals surface area contributed by atoms with Gasteiger partial charge in [-0.2, -0.15) is 0 Å². The second kappa shape index (κ2) is 6.43. The molecule has 2 aromatic rings. The van der Waals surface area contributed by atoms with Crippen LogP contribution in [0.25, 0.3) is 0 Å². The summed E-state index contributed by atoms with van der Waals surface area (Å²) < 4.78 is 13.0. The molecule has 0 unspecified atom stereocenters. The molecule has 0 radical (unpaired) electrons. The first kappa shape index (κ1) is 13.7. The first-order valence-electron chi connectivity index (χ1n) is 5.40. The molecule has 2 nitrogen and oxygen atoms in total. The van der Waals surface area contributed by atoms with Crippen LogP contribution < -0.4 is 9.47 Å². The second-order valence-electron chi connectivity index (χ2n) is 3.69. The Bertz CT molecular complexity index is 543. The molecule has 4 heteroatoms. The predicted octanol–water partition coefficient (Wildman–Crippen LogP) is 4.64. The molecule has 18 heavy (non-hydrogen) atoms. The number of hydrogen-bond acceptors (Lipinski definition) is 2. The summed E-state index contributed by atoms with van der Waals surface area (Å²) in [6, 6.07) is 13.9. The minimum atomic E-state index is 0.544. The smallest absolute Gasteiger partial charge is 0.133 e. The Labute approximate surface area is 129 Å². The molecule has 0 aliphatic heterocycles. The first-order chi connectivity index (χ1) is 8.70. The highest BCUT2D eigenvalue weighted by molar-refractivity contribution is 14.1. The van der Waals surface area contributed by atoms with Gasteiger partial charge in [0.2, 0.25) is 0 Å². The second-order valence-corrected chi connectivity index (χ2v) is 5.70. The lowest BCUT2D eigenvalue weighted by molar-refractivity contribution is 0.303. The molecule has 0 saturated heterocycles. The third-order valence-corrected chi connectivity index (χ3v) is 3.96. The molecule has 0 fully saturated rings. The Hall–Kier alpha value is -0.750. The first-order valence-corrected chi connectivity index (χ1v) is 7.27. The number of para-hydroxylation sites is 1. The van der Waals surface area contributed by atoms with Crippen LogP contribution in [0.3, 0.4) is 0 Å². The van der Waals surface area contributed by atoms with Crippen LogP contribution in [-0.2, 0) is 6.61 Å². The Kier molecular flexibility index (Phi) is 4.88. The highest BCUT2D eigenvalue weighted by Gasteiger charge is 2.03. The van der Waals surface area contributed by atoms with Crippen molar-refractivity contribution < 1.29 is 9.47 Å². The van der Waals surface area contributed by atoms with E-state index >= 15 is 0 Å². The molecule has 94 valence electrons. The van der Waals surface area contributed by atoms with Crippen molar-refractivity contribution in [2.45, 2.75) is 6.61 Å². The van der Waals surface area contributed by atoms with E-state index in [2.05, 4.69) is 38.5 Å². The van der Waals surface area contributed by atoms with Crippen LogP contribution in [0.15, 0.2) is 46.9 Å². The van der Waals surface area contributed by atoms with Gasteiger partial charge in [-0.15, -0.1) is 0 Å². The topological polar surface area (TPSA) is 18.5 Å². The highest BCUT2D eigenvalue weighted by Crippen LogP contribution is 2.26. The van der Waals surface area contributed by atoms with Crippen LogP contribution in [0.4, 0.5) is 0 Å². The van der Waals surface area contributed by atoms with E-state index in [0.717, 1.165) is 25.1 Å². The SMILES string of the molecule is COc1ccc(COc2ccccc2I)cc1Br. The lowest BCUT2D eigenvalue weighted by Crippen LogP contribution is -1.97. The number of hydrogen-bond donors (Lipinski definition) is 0. The molecule has 2 aromatic carbocycles. The summed E-state index contributed by atoms with van der Waals surface area (Å²) in [6.07, 6.45) is 0. The molecule has 0 N–H and O–H groups in total. The largest absolute Gasteiger partial charge is 0.496 e. The molecule has 0 aliphatic carbocycles. The van der Waals surface area contributed by atoms with Crippen molar-refractivity contribution in [1.29, 1.82) is 0 Å². The Morgan fingerprint density at radius 2 is 1.89 bits per heavy atom. The van der Waals surface area contributed by atoms with Crippen LogP contribution in [0, 0.1) is 3.57 Å². The maximum absolute atomic E-state index is 5.78. The lowest BCUT2D eigenvalue weighted by atomic mass is 10.2. The van der Waals surface area contributed by atoms with Gasteiger partial charge in [-0.25, -0.2) is 0 Å². The van der Waals surface area contributed by atoms with E-state index in [1.807, 2.05) is 42.5 Å². The van der Waals surface area contributed by atoms with Gasteiger partial charge in [0.15, 0.2) is 0 Å². The molecule has 0 heterocycles. The summed E-state index contributed by atoms with van der Waals surface area (Å²) in [4.78, 5) is 0. The third kappa shape index (κ3) is 3.38. The molecule has 2 rings (SSSR count). The summed E-state index contributed by atoms with van der Waals surface area (Å²) in [7, 11) is 1.66. The van der Waals surface area contributed by atoms with E-state index in [-0.39, 0.29) is 0 Å². The number of halogens is 2. The maximum atomic E-state index is 5.78. The molecule has 0 aromatic heterocycles. The van der Waals surface area contributed by atoms with Gasteiger partial charge in [0.25, 0.3) is 0 Å². The monoisotopic (exact) mass is 418 g/mol. The summed E-state index contributed by atoms with van der Waals surface area (Å²) in [5.74, 6) is 1.73. The van der Waals surface area contributed by atoms with Crippen LogP contribution in [0.2, 0.25) is 0 Å². The third-order valence-electron chi connectivity index (χ3n) is 2.45. The summed E-state index contributed by atoms with van der Waals surface area (Å²) in [6.45, 7) is 0.544. The average molecular weight is 419 g/mol. The van der Waals surface area contributed by atoms with Crippen molar-refractivity contribution >= 4 is 38.5 Å². The molecule has 0 saturated carbocycles. The zero-order chi connectivity index (χ0) is 13.0. The Morgan fingerprint density at radius 3 is 2.56 bits per heavy atom. The van der Waals surface area contributed by atoms with E-state index in [1.54, 1.807) is 7.11 Å². The minimum absolute atomic E-state index is 0.544. The van der Waals surface area contributed by atoms with E-state index in [9.17, 15) is 0 Å². The van der Waals surface area contributed by atoms with Gasteiger partial charge in [0.1, 0.15) is 18.1 Å². The van der Waals surface area contributed by atoms with Gasteiger partial charge in [-0.05, 0) is 68.3 Å². The van der Waals surface area contributed by atoms with E-state index in [0.29, 0.717) is 6.61 Å². The van der Waals surface area contributed by atoms with Crippen molar-refractivity contribution in [2.24, 2.45) is 0 Å². The molecule has 0 atom stereocenters. The van der Waals surface area contributed by atoms with Crippen molar-refractivity contribution in [3.63, 3.8) is 0 Å². The van der Waals surface area contributed by atoms with E-state index < -0.39 is 0 Å². The van der Waals surface area contributed by atoms with E-state index in [1.165, 1.54) is 0 Å². The summed E-state index contributed by atoms with van der Waals surface area (Å²) in [5.41, 5.74) is 1.10. The van der Waals surface area contributed by atoms with Gasteiger partial charge >= 0.3 is 0 Å². The average Bonchev–Trinajstić information content (AvgIpc) is 2.38. The van der Waals surface area contributed by atoms with Gasteiger partial charge in [0.05, 0.1) is 15.2 Å². The fraction of sp³-hybridized carbons (Fsp3) is 0.143.